The molecule has 1 atom stereocenters. The van der Waals surface area contributed by atoms with Gasteiger partial charge in [-0.05, 0) is 37.4 Å². The van der Waals surface area contributed by atoms with E-state index in [2.05, 4.69) is 17.0 Å². The van der Waals surface area contributed by atoms with Gasteiger partial charge in [0.15, 0.2) is 0 Å². The van der Waals surface area contributed by atoms with Crippen LogP contribution in [0.15, 0.2) is 36.1 Å². The van der Waals surface area contributed by atoms with Gasteiger partial charge >= 0.3 is 6.61 Å². The van der Waals surface area contributed by atoms with Gasteiger partial charge in [-0.2, -0.15) is 8.78 Å². The number of rotatable bonds is 7. The summed E-state index contributed by atoms with van der Waals surface area (Å²) in [6, 6.07) is 6.77. The van der Waals surface area contributed by atoms with Gasteiger partial charge in [0.1, 0.15) is 5.75 Å². The van der Waals surface area contributed by atoms with Crippen molar-refractivity contribution in [1.29, 1.82) is 0 Å². The summed E-state index contributed by atoms with van der Waals surface area (Å²) in [6.45, 7) is 0.747. The number of para-hydroxylation sites is 1. The first-order chi connectivity index (χ1) is 10.2. The summed E-state index contributed by atoms with van der Waals surface area (Å²) < 4.78 is 35.2. The second-order valence-electron chi connectivity index (χ2n) is 4.97. The van der Waals surface area contributed by atoms with Crippen LogP contribution in [-0.4, -0.2) is 19.8 Å². The molecule has 5 heteroatoms. The lowest BCUT2D eigenvalue weighted by atomic mass is 9.94. The minimum atomic E-state index is -2.82. The molecular weight excluding hydrogens is 276 g/mol. The Labute approximate surface area is 123 Å². The minimum Gasteiger partial charge on any atom is -0.501 e. The van der Waals surface area contributed by atoms with Crippen LogP contribution >= 0.6 is 0 Å². The Hall–Kier alpha value is -1.62. The van der Waals surface area contributed by atoms with E-state index in [1.165, 1.54) is 0 Å². The van der Waals surface area contributed by atoms with Crippen LogP contribution in [0.4, 0.5) is 8.78 Å². The Bertz CT molecular complexity index is 477. The predicted molar refractivity (Wildman–Crippen MR) is 77.4 cm³/mol. The van der Waals surface area contributed by atoms with E-state index in [4.69, 9.17) is 4.74 Å². The number of alkyl halides is 2. The van der Waals surface area contributed by atoms with Crippen molar-refractivity contribution < 1.29 is 18.3 Å². The van der Waals surface area contributed by atoms with Crippen LogP contribution in [0.25, 0.3) is 0 Å². The lowest BCUT2D eigenvalue weighted by Gasteiger charge is -2.26. The van der Waals surface area contributed by atoms with E-state index in [9.17, 15) is 8.78 Å². The second kappa shape index (κ2) is 7.98. The van der Waals surface area contributed by atoms with Crippen molar-refractivity contribution in [2.24, 2.45) is 0 Å². The van der Waals surface area contributed by atoms with Gasteiger partial charge < -0.3 is 14.8 Å². The molecular formula is C16H21F2NO2. The molecule has 0 radical (unpaired) electrons. The molecule has 116 valence electrons. The second-order valence-corrected chi connectivity index (χ2v) is 4.97. The predicted octanol–water partition coefficient (Wildman–Crippen LogP) is 4.02. The molecule has 0 aliphatic carbocycles. The third-order valence-corrected chi connectivity index (χ3v) is 3.38. The van der Waals surface area contributed by atoms with Crippen LogP contribution in [0.1, 0.15) is 37.8 Å². The van der Waals surface area contributed by atoms with Gasteiger partial charge in [0.05, 0.1) is 18.9 Å². The summed E-state index contributed by atoms with van der Waals surface area (Å²) in [6.07, 6.45) is 4.54. The van der Waals surface area contributed by atoms with Crippen LogP contribution in [0, 0.1) is 0 Å². The Morgan fingerprint density at radius 3 is 2.81 bits per heavy atom. The van der Waals surface area contributed by atoms with Gasteiger partial charge in [0.2, 0.25) is 0 Å². The molecule has 1 aromatic rings. The largest absolute Gasteiger partial charge is 0.501 e. The van der Waals surface area contributed by atoms with Gasteiger partial charge in [-0.3, -0.25) is 0 Å². The molecule has 1 aliphatic heterocycles. The van der Waals surface area contributed by atoms with E-state index in [0.29, 0.717) is 6.61 Å². The van der Waals surface area contributed by atoms with Gasteiger partial charge in [0.25, 0.3) is 0 Å². The molecule has 1 aliphatic rings. The fourth-order valence-corrected chi connectivity index (χ4v) is 2.45. The van der Waals surface area contributed by atoms with E-state index in [1.54, 1.807) is 18.4 Å². The summed E-state index contributed by atoms with van der Waals surface area (Å²) in [5, 5.41) is 3.40. The molecule has 1 heterocycles. The van der Waals surface area contributed by atoms with Crippen LogP contribution in [0.5, 0.6) is 5.75 Å². The first-order valence-corrected chi connectivity index (χ1v) is 7.30. The third kappa shape index (κ3) is 4.43. The summed E-state index contributed by atoms with van der Waals surface area (Å²) >= 11 is 0. The van der Waals surface area contributed by atoms with Crippen molar-refractivity contribution in [2.45, 2.75) is 38.8 Å². The van der Waals surface area contributed by atoms with Crippen molar-refractivity contribution in [2.75, 3.05) is 13.2 Å². The molecule has 21 heavy (non-hydrogen) atoms. The first kappa shape index (κ1) is 15.8. The molecule has 0 bridgehead atoms. The lowest BCUT2D eigenvalue weighted by molar-refractivity contribution is -0.0506. The highest BCUT2D eigenvalue weighted by molar-refractivity contribution is 5.40. The van der Waals surface area contributed by atoms with E-state index in [1.807, 2.05) is 12.1 Å². The van der Waals surface area contributed by atoms with Gasteiger partial charge in [-0.15, -0.1) is 0 Å². The third-order valence-electron chi connectivity index (χ3n) is 3.38. The van der Waals surface area contributed by atoms with Crippen LogP contribution in [0.3, 0.4) is 0 Å². The zero-order chi connectivity index (χ0) is 15.1. The zero-order valence-electron chi connectivity index (χ0n) is 12.1. The molecule has 0 fully saturated rings. The number of hydrogen-bond donors (Lipinski definition) is 1. The molecule has 1 N–H and O–H groups in total. The fraction of sp³-hybridized carbons (Fsp3) is 0.500. The summed E-state index contributed by atoms with van der Waals surface area (Å²) in [5.41, 5.74) is 1.79. The number of ether oxygens (including phenoxy) is 2. The SMILES string of the molecule is CCCNC(C1=COCCC1)c1ccccc1OC(F)F. The number of halogens is 2. The van der Waals surface area contributed by atoms with Crippen molar-refractivity contribution >= 4 is 0 Å². The zero-order valence-corrected chi connectivity index (χ0v) is 12.1. The standard InChI is InChI=1S/C16H21F2NO2/c1-2-9-19-15(12-6-5-10-20-11-12)13-7-3-4-8-14(13)21-16(17)18/h3-4,7-8,11,15-16,19H,2,5-6,9-10H2,1H3. The lowest BCUT2D eigenvalue weighted by Crippen LogP contribution is -2.26. The number of nitrogens with one attached hydrogen (secondary N) is 1. The van der Waals surface area contributed by atoms with Crippen molar-refractivity contribution in [3.8, 4) is 5.75 Å². The molecule has 0 spiro atoms. The maximum atomic E-state index is 12.6. The topological polar surface area (TPSA) is 30.5 Å². The molecule has 3 nitrogen and oxygen atoms in total. The smallest absolute Gasteiger partial charge is 0.387 e. The summed E-state index contributed by atoms with van der Waals surface area (Å²) in [7, 11) is 0. The highest BCUT2D eigenvalue weighted by Crippen LogP contribution is 2.34. The van der Waals surface area contributed by atoms with Crippen LogP contribution < -0.4 is 10.1 Å². The molecule has 1 aromatic carbocycles. The maximum Gasteiger partial charge on any atom is 0.387 e. The maximum absolute atomic E-state index is 12.6. The minimum absolute atomic E-state index is 0.153. The Kier molecular flexibility index (Phi) is 5.99. The Morgan fingerprint density at radius 2 is 2.14 bits per heavy atom. The highest BCUT2D eigenvalue weighted by atomic mass is 19.3. The van der Waals surface area contributed by atoms with E-state index < -0.39 is 6.61 Å². The van der Waals surface area contributed by atoms with Gasteiger partial charge in [0, 0.05) is 5.56 Å². The average Bonchev–Trinajstić information content (AvgIpc) is 2.50. The van der Waals surface area contributed by atoms with E-state index in [0.717, 1.165) is 36.9 Å². The summed E-state index contributed by atoms with van der Waals surface area (Å²) in [4.78, 5) is 0. The summed E-state index contributed by atoms with van der Waals surface area (Å²) in [5.74, 6) is 0.215. The average molecular weight is 297 g/mol. The first-order valence-electron chi connectivity index (χ1n) is 7.30. The molecule has 0 saturated heterocycles. The van der Waals surface area contributed by atoms with Crippen LogP contribution in [-0.2, 0) is 4.74 Å². The van der Waals surface area contributed by atoms with Crippen molar-refractivity contribution in [3.63, 3.8) is 0 Å². The molecule has 0 saturated carbocycles. The quantitative estimate of drug-likeness (QED) is 0.824. The number of benzene rings is 1. The van der Waals surface area contributed by atoms with Crippen LogP contribution in [0.2, 0.25) is 0 Å². The van der Waals surface area contributed by atoms with Gasteiger partial charge in [-0.25, -0.2) is 0 Å². The van der Waals surface area contributed by atoms with E-state index in [-0.39, 0.29) is 11.8 Å². The van der Waals surface area contributed by atoms with Crippen molar-refractivity contribution in [3.05, 3.63) is 41.7 Å². The van der Waals surface area contributed by atoms with E-state index >= 15 is 0 Å². The Morgan fingerprint density at radius 1 is 1.33 bits per heavy atom. The van der Waals surface area contributed by atoms with Gasteiger partial charge in [-0.1, -0.05) is 25.1 Å². The molecule has 2 rings (SSSR count). The number of hydrogen-bond acceptors (Lipinski definition) is 3. The monoisotopic (exact) mass is 297 g/mol. The molecule has 0 amide bonds. The normalized spacial score (nSPS) is 16.3. The molecule has 0 aromatic heterocycles. The fourth-order valence-electron chi connectivity index (χ4n) is 2.45. The highest BCUT2D eigenvalue weighted by Gasteiger charge is 2.22. The Balaban J connectivity index is 2.29. The molecule has 1 unspecified atom stereocenters. The van der Waals surface area contributed by atoms with Crippen molar-refractivity contribution in [1.82, 2.24) is 5.32 Å².